The van der Waals surface area contributed by atoms with Crippen LogP contribution in [-0.2, 0) is 5.41 Å². The van der Waals surface area contributed by atoms with Gasteiger partial charge < -0.3 is 0 Å². The minimum absolute atomic E-state index is 0.424. The third-order valence-corrected chi connectivity index (χ3v) is 13.4. The first kappa shape index (κ1) is 34.5. The van der Waals surface area contributed by atoms with Gasteiger partial charge in [0.15, 0.2) is 17.5 Å². The summed E-state index contributed by atoms with van der Waals surface area (Å²) in [7, 11) is 0. The number of hydrogen-bond acceptors (Lipinski definition) is 4. The highest BCUT2D eigenvalue weighted by Crippen LogP contribution is 2.56. The van der Waals surface area contributed by atoms with Crippen molar-refractivity contribution >= 4 is 42.3 Å². The monoisotopic (exact) mass is 781 g/mol. The highest BCUT2D eigenvalue weighted by Gasteiger charge is 2.46. The lowest BCUT2D eigenvalue weighted by molar-refractivity contribution is 0.770. The quantitative estimate of drug-likeness (QED) is 0.169. The molecular formula is C56H35N3S. The Labute approximate surface area is 352 Å². The van der Waals surface area contributed by atoms with Crippen LogP contribution in [0.5, 0.6) is 0 Å². The molecule has 0 radical (unpaired) electrons. The van der Waals surface area contributed by atoms with Crippen LogP contribution in [0.2, 0.25) is 0 Å². The van der Waals surface area contributed by atoms with Gasteiger partial charge >= 0.3 is 0 Å². The summed E-state index contributed by atoms with van der Waals surface area (Å²) in [6.45, 7) is 0. The van der Waals surface area contributed by atoms with Crippen LogP contribution in [0, 0.1) is 0 Å². The number of rotatable bonds is 6. The highest BCUT2D eigenvalue weighted by atomic mass is 32.1. The number of thiophene rings is 1. The van der Waals surface area contributed by atoms with Gasteiger partial charge in [-0.1, -0.05) is 200 Å². The van der Waals surface area contributed by atoms with Crippen molar-refractivity contribution in [3.8, 4) is 56.4 Å². The van der Waals surface area contributed by atoms with Crippen molar-refractivity contribution in [2.75, 3.05) is 0 Å². The van der Waals surface area contributed by atoms with E-state index in [1.165, 1.54) is 64.7 Å². The van der Waals surface area contributed by atoms with Gasteiger partial charge in [0, 0.05) is 36.9 Å². The van der Waals surface area contributed by atoms with Crippen LogP contribution in [-0.4, -0.2) is 15.0 Å². The molecule has 60 heavy (non-hydrogen) atoms. The first-order valence-electron chi connectivity index (χ1n) is 20.4. The summed E-state index contributed by atoms with van der Waals surface area (Å²) in [6.07, 6.45) is 0. The highest BCUT2D eigenvalue weighted by molar-refractivity contribution is 7.25. The molecule has 0 amide bonds. The van der Waals surface area contributed by atoms with Crippen LogP contribution in [0.4, 0.5) is 0 Å². The van der Waals surface area contributed by atoms with Crippen LogP contribution in [0.3, 0.4) is 0 Å². The van der Waals surface area contributed by atoms with E-state index in [2.05, 4.69) is 152 Å². The van der Waals surface area contributed by atoms with Crippen molar-refractivity contribution in [1.29, 1.82) is 0 Å². The average molecular weight is 782 g/mol. The summed E-state index contributed by atoms with van der Waals surface area (Å²) in [4.78, 5) is 15.1. The lowest BCUT2D eigenvalue weighted by Gasteiger charge is -2.33. The third kappa shape index (κ3) is 5.31. The molecule has 280 valence electrons. The van der Waals surface area contributed by atoms with E-state index < -0.39 is 5.41 Å². The normalized spacial score (nSPS) is 12.8. The van der Waals surface area contributed by atoms with E-state index in [-0.39, 0.29) is 0 Å². The number of aromatic nitrogens is 3. The molecule has 11 aromatic rings. The maximum Gasteiger partial charge on any atom is 0.164 e. The molecule has 12 rings (SSSR count). The molecule has 4 heteroatoms. The van der Waals surface area contributed by atoms with E-state index in [1.54, 1.807) is 0 Å². The van der Waals surface area contributed by atoms with E-state index in [9.17, 15) is 0 Å². The van der Waals surface area contributed by atoms with Gasteiger partial charge in [0.1, 0.15) is 0 Å². The third-order valence-electron chi connectivity index (χ3n) is 12.2. The van der Waals surface area contributed by atoms with Gasteiger partial charge in [0.25, 0.3) is 0 Å². The largest absolute Gasteiger partial charge is 0.208 e. The van der Waals surface area contributed by atoms with E-state index in [0.717, 1.165) is 27.5 Å². The first-order valence-corrected chi connectivity index (χ1v) is 21.2. The first-order chi connectivity index (χ1) is 29.7. The smallest absolute Gasteiger partial charge is 0.164 e. The van der Waals surface area contributed by atoms with Gasteiger partial charge in [0.2, 0.25) is 0 Å². The lowest BCUT2D eigenvalue weighted by atomic mass is 9.67. The van der Waals surface area contributed by atoms with Crippen LogP contribution in [0.1, 0.15) is 22.3 Å². The molecule has 1 aliphatic carbocycles. The van der Waals surface area contributed by atoms with Gasteiger partial charge in [-0.25, -0.2) is 15.0 Å². The Morgan fingerprint density at radius 1 is 0.300 bits per heavy atom. The molecule has 0 bridgehead atoms. The van der Waals surface area contributed by atoms with Crippen molar-refractivity contribution in [2.45, 2.75) is 5.41 Å². The Hall–Kier alpha value is -7.53. The molecule has 3 nitrogen and oxygen atoms in total. The molecule has 9 aromatic carbocycles. The minimum atomic E-state index is -0.424. The Morgan fingerprint density at radius 3 is 1.42 bits per heavy atom. The van der Waals surface area contributed by atoms with Gasteiger partial charge in [-0.2, -0.15) is 0 Å². The number of hydrogen-bond donors (Lipinski definition) is 0. The fraction of sp³-hybridized carbons (Fsp3) is 0.0179. The SMILES string of the molecule is c1ccc(-c2nc(-c3ccccc3)nc(-c3cccc4c(-c5ccc6c(c5)sc5cc(C7(c8ccccc8)c8ccccc8-c8ccccc87)ccc56)cccc34)n2)cc1. The van der Waals surface area contributed by atoms with Crippen LogP contribution in [0.15, 0.2) is 212 Å². The molecule has 0 fully saturated rings. The van der Waals surface area contributed by atoms with Crippen molar-refractivity contribution < 1.29 is 0 Å². The molecular weight excluding hydrogens is 747 g/mol. The van der Waals surface area contributed by atoms with Crippen molar-refractivity contribution in [3.63, 3.8) is 0 Å². The summed E-state index contributed by atoms with van der Waals surface area (Å²) >= 11 is 1.88. The summed E-state index contributed by atoms with van der Waals surface area (Å²) in [5, 5.41) is 4.82. The molecule has 0 N–H and O–H groups in total. The van der Waals surface area contributed by atoms with Crippen molar-refractivity contribution in [2.24, 2.45) is 0 Å². The Bertz CT molecular complexity index is 3330. The Morgan fingerprint density at radius 2 is 0.783 bits per heavy atom. The van der Waals surface area contributed by atoms with E-state index >= 15 is 0 Å². The second kappa shape index (κ2) is 13.8. The molecule has 0 aliphatic heterocycles. The van der Waals surface area contributed by atoms with Gasteiger partial charge in [-0.3, -0.25) is 0 Å². The topological polar surface area (TPSA) is 38.7 Å². The fourth-order valence-electron chi connectivity index (χ4n) is 9.58. The molecule has 0 unspecified atom stereocenters. The second-order valence-corrected chi connectivity index (χ2v) is 16.6. The van der Waals surface area contributed by atoms with Crippen LogP contribution in [0.25, 0.3) is 87.4 Å². The predicted molar refractivity (Wildman–Crippen MR) is 249 cm³/mol. The van der Waals surface area contributed by atoms with Crippen molar-refractivity contribution in [1.82, 2.24) is 15.0 Å². The van der Waals surface area contributed by atoms with Crippen molar-refractivity contribution in [3.05, 3.63) is 235 Å². The van der Waals surface area contributed by atoms with E-state index in [1.807, 2.05) is 72.0 Å². The van der Waals surface area contributed by atoms with Gasteiger partial charge in [-0.15, -0.1) is 11.3 Å². The predicted octanol–water partition coefficient (Wildman–Crippen LogP) is 14.4. The Kier molecular flexibility index (Phi) is 7.94. The molecule has 0 spiro atoms. The number of nitrogens with zero attached hydrogens (tertiary/aromatic N) is 3. The molecule has 0 saturated heterocycles. The van der Waals surface area contributed by atoms with Gasteiger partial charge in [0.05, 0.1) is 5.41 Å². The zero-order valence-electron chi connectivity index (χ0n) is 32.5. The zero-order chi connectivity index (χ0) is 39.6. The maximum absolute atomic E-state index is 5.08. The summed E-state index contributed by atoms with van der Waals surface area (Å²) in [5.41, 5.74) is 12.7. The van der Waals surface area contributed by atoms with E-state index in [0.29, 0.717) is 17.5 Å². The molecule has 0 atom stereocenters. The fourth-order valence-corrected chi connectivity index (χ4v) is 10.8. The molecule has 1 aliphatic rings. The molecule has 2 heterocycles. The number of fused-ring (bicyclic) bond motifs is 7. The zero-order valence-corrected chi connectivity index (χ0v) is 33.3. The lowest BCUT2D eigenvalue weighted by Crippen LogP contribution is -2.28. The summed E-state index contributed by atoms with van der Waals surface area (Å²) < 4.78 is 2.56. The summed E-state index contributed by atoms with van der Waals surface area (Å²) in [5.74, 6) is 1.96. The standard InChI is InChI=1S/C56H35N3S/c1-4-16-36(17-5-1)53-57-54(37-18-6-2-7-19-37)59-55(58-53)48-27-15-25-42-41(24-14-26-43(42)48)38-30-32-46-47-33-31-40(35-52(47)60-51(46)34-38)56(39-20-8-3-9-21-39)49-28-12-10-22-44(49)45-23-11-13-29-50(45)56/h1-35H. The van der Waals surface area contributed by atoms with Crippen LogP contribution < -0.4 is 0 Å². The minimum Gasteiger partial charge on any atom is -0.208 e. The molecule has 2 aromatic heterocycles. The van der Waals surface area contributed by atoms with Crippen LogP contribution >= 0.6 is 11.3 Å². The van der Waals surface area contributed by atoms with E-state index in [4.69, 9.17) is 15.0 Å². The second-order valence-electron chi connectivity index (χ2n) is 15.5. The Balaban J connectivity index is 0.995. The average Bonchev–Trinajstić information content (AvgIpc) is 3.85. The summed E-state index contributed by atoms with van der Waals surface area (Å²) in [6, 6.07) is 76.4. The molecule has 0 saturated carbocycles. The van der Waals surface area contributed by atoms with Gasteiger partial charge in [-0.05, 0) is 67.4 Å². The number of benzene rings is 9. The maximum atomic E-state index is 5.08.